The molecule has 1 aromatic carbocycles. The van der Waals surface area contributed by atoms with Crippen molar-refractivity contribution in [2.45, 2.75) is 25.3 Å². The highest BCUT2D eigenvalue weighted by molar-refractivity contribution is 5.94. The molecule has 0 atom stereocenters. The summed E-state index contributed by atoms with van der Waals surface area (Å²) in [5.41, 5.74) is 0.379. The Morgan fingerprint density at radius 1 is 1.10 bits per heavy atom. The second-order valence-corrected chi connectivity index (χ2v) is 4.19. The molecule has 0 fully saturated rings. The van der Waals surface area contributed by atoms with Crippen molar-refractivity contribution in [3.05, 3.63) is 29.8 Å². The van der Waals surface area contributed by atoms with E-state index in [4.69, 9.17) is 0 Å². The Balaban J connectivity index is 2.51. The summed E-state index contributed by atoms with van der Waals surface area (Å²) in [6, 6.07) is 5.42. The predicted octanol–water partition coefficient (Wildman–Crippen LogP) is 3.23. The maximum Gasteiger partial charge on any atom is 0.471 e. The zero-order valence-electron chi connectivity index (χ0n) is 10.6. The molecular weight excluding hydrogens is 302 g/mol. The highest BCUT2D eigenvalue weighted by atomic mass is 19.4. The summed E-state index contributed by atoms with van der Waals surface area (Å²) in [6.45, 7) is -0.256. The second kappa shape index (κ2) is 6.79. The van der Waals surface area contributed by atoms with Crippen molar-refractivity contribution in [3.8, 4) is 0 Å². The lowest BCUT2D eigenvalue weighted by Crippen LogP contribution is -2.30. The summed E-state index contributed by atoms with van der Waals surface area (Å²) in [4.78, 5) is 10.7. The zero-order valence-corrected chi connectivity index (χ0v) is 10.6. The number of carbonyl (C=O) groups is 1. The summed E-state index contributed by atoms with van der Waals surface area (Å²) in [5, 5.41) is 4.18. The molecule has 0 unspecified atom stereocenters. The second-order valence-electron chi connectivity index (χ2n) is 4.19. The fourth-order valence-electron chi connectivity index (χ4n) is 1.42. The van der Waals surface area contributed by atoms with Gasteiger partial charge < -0.3 is 10.6 Å². The molecule has 1 aromatic rings. The van der Waals surface area contributed by atoms with Crippen LogP contribution >= 0.6 is 0 Å². The quantitative estimate of drug-likeness (QED) is 0.647. The third-order valence-corrected chi connectivity index (χ3v) is 2.36. The van der Waals surface area contributed by atoms with Crippen LogP contribution in [0.1, 0.15) is 12.0 Å². The number of halogens is 6. The molecule has 9 heteroatoms. The highest BCUT2D eigenvalue weighted by Gasteiger charge is 2.38. The number of amides is 1. The number of carbonyl (C=O) groups excluding carboxylic acids is 1. The molecule has 0 aromatic heterocycles. The number of anilines is 1. The van der Waals surface area contributed by atoms with Crippen LogP contribution in [0, 0.1) is 0 Å². The molecule has 118 valence electrons. The van der Waals surface area contributed by atoms with Crippen molar-refractivity contribution >= 4 is 11.6 Å². The Labute approximate surface area is 116 Å². The first kappa shape index (κ1) is 17.3. The lowest BCUT2D eigenvalue weighted by atomic mass is 10.2. The Kier molecular flexibility index (Phi) is 5.59. The maximum atomic E-state index is 12.1. The molecule has 0 aliphatic rings. The van der Waals surface area contributed by atoms with E-state index in [0.717, 1.165) is 0 Å². The lowest BCUT2D eigenvalue weighted by molar-refractivity contribution is -0.167. The van der Waals surface area contributed by atoms with E-state index in [0.29, 0.717) is 5.56 Å². The summed E-state index contributed by atoms with van der Waals surface area (Å²) in [6.07, 6.45) is -10.3. The topological polar surface area (TPSA) is 41.1 Å². The summed E-state index contributed by atoms with van der Waals surface area (Å²) < 4.78 is 71.9. The van der Waals surface area contributed by atoms with Crippen LogP contribution in [0.2, 0.25) is 0 Å². The number of rotatable bonds is 5. The van der Waals surface area contributed by atoms with Gasteiger partial charge in [0.2, 0.25) is 0 Å². The first-order valence-electron chi connectivity index (χ1n) is 5.82. The SMILES string of the molecule is O=C(Nc1cccc(CNCCC(F)(F)F)c1)C(F)(F)F. The van der Waals surface area contributed by atoms with Gasteiger partial charge in [0.05, 0.1) is 6.42 Å². The van der Waals surface area contributed by atoms with Crippen LogP contribution in [0.4, 0.5) is 32.0 Å². The summed E-state index contributed by atoms with van der Waals surface area (Å²) in [5.74, 6) is -2.11. The van der Waals surface area contributed by atoms with E-state index in [1.165, 1.54) is 24.3 Å². The molecule has 0 bridgehead atoms. The van der Waals surface area contributed by atoms with E-state index in [-0.39, 0.29) is 18.8 Å². The molecule has 0 spiro atoms. The van der Waals surface area contributed by atoms with Crippen molar-refractivity contribution in [2.24, 2.45) is 0 Å². The van der Waals surface area contributed by atoms with Gasteiger partial charge in [-0.05, 0) is 17.7 Å². The van der Waals surface area contributed by atoms with Gasteiger partial charge in [-0.1, -0.05) is 12.1 Å². The van der Waals surface area contributed by atoms with E-state index < -0.39 is 24.7 Å². The van der Waals surface area contributed by atoms with Crippen LogP contribution in [0.25, 0.3) is 0 Å². The van der Waals surface area contributed by atoms with Gasteiger partial charge in [0.15, 0.2) is 0 Å². The van der Waals surface area contributed by atoms with E-state index in [1.54, 1.807) is 5.32 Å². The monoisotopic (exact) mass is 314 g/mol. The van der Waals surface area contributed by atoms with Crippen molar-refractivity contribution < 1.29 is 31.1 Å². The number of nitrogens with one attached hydrogen (secondary N) is 2. The van der Waals surface area contributed by atoms with Crippen LogP contribution in [0.3, 0.4) is 0 Å². The zero-order chi connectivity index (χ0) is 16.1. The molecule has 1 rings (SSSR count). The van der Waals surface area contributed by atoms with Gasteiger partial charge in [-0.3, -0.25) is 4.79 Å². The minimum absolute atomic E-state index is 0.0474. The van der Waals surface area contributed by atoms with Crippen LogP contribution in [-0.4, -0.2) is 24.8 Å². The molecule has 0 aliphatic heterocycles. The predicted molar refractivity (Wildman–Crippen MR) is 63.5 cm³/mol. The van der Waals surface area contributed by atoms with E-state index >= 15 is 0 Å². The molecule has 0 radical (unpaired) electrons. The third-order valence-electron chi connectivity index (χ3n) is 2.36. The molecule has 0 heterocycles. The fourth-order valence-corrected chi connectivity index (χ4v) is 1.42. The maximum absolute atomic E-state index is 12.1. The fraction of sp³-hybridized carbons (Fsp3) is 0.417. The largest absolute Gasteiger partial charge is 0.471 e. The average molecular weight is 314 g/mol. The van der Waals surface area contributed by atoms with Gasteiger partial charge in [-0.25, -0.2) is 0 Å². The molecule has 2 N–H and O–H groups in total. The minimum atomic E-state index is -5.00. The molecule has 1 amide bonds. The van der Waals surface area contributed by atoms with Gasteiger partial charge in [-0.15, -0.1) is 0 Å². The van der Waals surface area contributed by atoms with Crippen molar-refractivity contribution in [1.29, 1.82) is 0 Å². The third kappa shape index (κ3) is 6.98. The smallest absolute Gasteiger partial charge is 0.318 e. The minimum Gasteiger partial charge on any atom is -0.318 e. The van der Waals surface area contributed by atoms with E-state index in [2.05, 4.69) is 5.32 Å². The molecule has 3 nitrogen and oxygen atoms in total. The Morgan fingerprint density at radius 3 is 2.33 bits per heavy atom. The summed E-state index contributed by atoms with van der Waals surface area (Å²) in [7, 11) is 0. The van der Waals surface area contributed by atoms with E-state index in [1.807, 2.05) is 0 Å². The van der Waals surface area contributed by atoms with Gasteiger partial charge in [0.25, 0.3) is 0 Å². The van der Waals surface area contributed by atoms with Crippen LogP contribution in [-0.2, 0) is 11.3 Å². The highest BCUT2D eigenvalue weighted by Crippen LogP contribution is 2.20. The normalized spacial score (nSPS) is 12.3. The van der Waals surface area contributed by atoms with Gasteiger partial charge in [0, 0.05) is 18.8 Å². The van der Waals surface area contributed by atoms with Gasteiger partial charge in [0.1, 0.15) is 0 Å². The Morgan fingerprint density at radius 2 is 1.76 bits per heavy atom. The van der Waals surface area contributed by atoms with Crippen LogP contribution < -0.4 is 10.6 Å². The molecular formula is C12H12F6N2O. The van der Waals surface area contributed by atoms with Crippen LogP contribution in [0.5, 0.6) is 0 Å². The van der Waals surface area contributed by atoms with Crippen molar-refractivity contribution in [3.63, 3.8) is 0 Å². The molecule has 21 heavy (non-hydrogen) atoms. The molecule has 0 saturated carbocycles. The first-order chi connectivity index (χ1) is 9.58. The molecule has 0 saturated heterocycles. The van der Waals surface area contributed by atoms with Gasteiger partial charge in [-0.2, -0.15) is 26.3 Å². The van der Waals surface area contributed by atoms with E-state index in [9.17, 15) is 31.1 Å². The van der Waals surface area contributed by atoms with Crippen LogP contribution in [0.15, 0.2) is 24.3 Å². The number of hydrogen-bond donors (Lipinski definition) is 2. The summed E-state index contributed by atoms with van der Waals surface area (Å²) >= 11 is 0. The Hall–Kier alpha value is -1.77. The standard InChI is InChI=1S/C12H12F6N2O/c13-11(14,15)4-5-19-7-8-2-1-3-9(6-8)20-10(21)12(16,17)18/h1-3,6,19H,4-5,7H2,(H,20,21). The number of alkyl halides is 6. The first-order valence-corrected chi connectivity index (χ1v) is 5.82. The lowest BCUT2D eigenvalue weighted by Gasteiger charge is -2.10. The van der Waals surface area contributed by atoms with Gasteiger partial charge >= 0.3 is 18.3 Å². The van der Waals surface area contributed by atoms with Crippen molar-refractivity contribution in [1.82, 2.24) is 5.32 Å². The molecule has 0 aliphatic carbocycles. The van der Waals surface area contributed by atoms with Crippen molar-refractivity contribution in [2.75, 3.05) is 11.9 Å². The number of benzene rings is 1. The number of hydrogen-bond acceptors (Lipinski definition) is 2. The Bertz CT molecular complexity index is 483. The average Bonchev–Trinajstić information content (AvgIpc) is 2.33.